The highest BCUT2D eigenvalue weighted by Crippen LogP contribution is 2.29. The van der Waals surface area contributed by atoms with Crippen LogP contribution in [0.25, 0.3) is 6.08 Å². The van der Waals surface area contributed by atoms with Gasteiger partial charge in [-0.15, -0.1) is 0 Å². The predicted octanol–water partition coefficient (Wildman–Crippen LogP) is 4.05. The van der Waals surface area contributed by atoms with Crippen LogP contribution in [-0.2, 0) is 20.9 Å². The Morgan fingerprint density at radius 1 is 1.03 bits per heavy atom. The highest BCUT2D eigenvalue weighted by atomic mass is 16.5. The second-order valence-corrected chi connectivity index (χ2v) is 7.19. The Balaban J connectivity index is 1.88. The van der Waals surface area contributed by atoms with Gasteiger partial charge in [-0.2, -0.15) is 0 Å². The third kappa shape index (κ3) is 7.28. The van der Waals surface area contributed by atoms with Gasteiger partial charge in [0.05, 0.1) is 13.2 Å². The zero-order chi connectivity index (χ0) is 22.1. The number of hydrogen-bond donors (Lipinski definition) is 1. The molecule has 0 heterocycles. The molecule has 0 unspecified atom stereocenters. The van der Waals surface area contributed by atoms with E-state index in [1.165, 1.54) is 13.0 Å². The van der Waals surface area contributed by atoms with Gasteiger partial charge in [0.25, 0.3) is 5.91 Å². The van der Waals surface area contributed by atoms with E-state index in [-0.39, 0.29) is 12.0 Å². The van der Waals surface area contributed by atoms with E-state index in [0.29, 0.717) is 18.0 Å². The largest absolute Gasteiger partial charge is 0.493 e. The minimum Gasteiger partial charge on any atom is -0.493 e. The zero-order valence-electron chi connectivity index (χ0n) is 18.1. The normalized spacial score (nSPS) is 11.9. The van der Waals surface area contributed by atoms with Crippen LogP contribution in [0.2, 0.25) is 0 Å². The van der Waals surface area contributed by atoms with Gasteiger partial charge < -0.3 is 19.5 Å². The summed E-state index contributed by atoms with van der Waals surface area (Å²) in [4.78, 5) is 24.2. The van der Waals surface area contributed by atoms with E-state index in [4.69, 9.17) is 14.2 Å². The Labute approximate surface area is 177 Å². The van der Waals surface area contributed by atoms with Crippen molar-refractivity contribution in [1.29, 1.82) is 0 Å². The number of carbonyl (C=O) groups excluding carboxylic acids is 2. The van der Waals surface area contributed by atoms with Crippen LogP contribution < -0.4 is 14.8 Å². The lowest BCUT2D eigenvalue weighted by atomic mass is 10.1. The van der Waals surface area contributed by atoms with Crippen molar-refractivity contribution in [2.75, 3.05) is 7.11 Å². The fraction of sp³-hybridized carbons (Fsp3) is 0.333. The predicted molar refractivity (Wildman–Crippen MR) is 116 cm³/mol. The van der Waals surface area contributed by atoms with Gasteiger partial charge in [0, 0.05) is 12.6 Å². The summed E-state index contributed by atoms with van der Waals surface area (Å²) in [6, 6.07) is 13.2. The van der Waals surface area contributed by atoms with Crippen molar-refractivity contribution in [3.05, 3.63) is 65.2 Å². The van der Waals surface area contributed by atoms with Crippen LogP contribution in [0.15, 0.2) is 48.5 Å². The number of rotatable bonds is 9. The van der Waals surface area contributed by atoms with Gasteiger partial charge in [-0.3, -0.25) is 4.79 Å². The number of benzene rings is 2. The molecule has 30 heavy (non-hydrogen) atoms. The first kappa shape index (κ1) is 23.0. The first-order chi connectivity index (χ1) is 14.3. The summed E-state index contributed by atoms with van der Waals surface area (Å²) in [7, 11) is 1.56. The number of carbonyl (C=O) groups is 2. The van der Waals surface area contributed by atoms with Gasteiger partial charge in [-0.25, -0.2) is 4.79 Å². The van der Waals surface area contributed by atoms with Crippen molar-refractivity contribution in [2.24, 2.45) is 0 Å². The average Bonchev–Trinajstić information content (AvgIpc) is 2.71. The topological polar surface area (TPSA) is 73.9 Å². The Kier molecular flexibility index (Phi) is 8.47. The van der Waals surface area contributed by atoms with Crippen molar-refractivity contribution in [1.82, 2.24) is 5.32 Å². The summed E-state index contributed by atoms with van der Waals surface area (Å²) in [6.45, 7) is 7.78. The van der Waals surface area contributed by atoms with Crippen LogP contribution in [0.4, 0.5) is 0 Å². The lowest BCUT2D eigenvalue weighted by molar-refractivity contribution is -0.150. The van der Waals surface area contributed by atoms with Crippen LogP contribution >= 0.6 is 0 Å². The molecule has 2 aromatic rings. The number of hydrogen-bond acceptors (Lipinski definition) is 5. The third-order valence-electron chi connectivity index (χ3n) is 4.21. The van der Waals surface area contributed by atoms with Crippen LogP contribution in [0.5, 0.6) is 11.5 Å². The standard InChI is InChI=1S/C24H29NO5/c1-16(2)29-21-12-10-19(14-22(21)28-5)11-13-23(26)30-18(4)24(27)25-15-20-8-6-17(3)7-9-20/h6-14,16,18H,15H2,1-5H3,(H,25,27)/b13-11+/t18-/m1/s1. The number of ether oxygens (including phenoxy) is 3. The van der Waals surface area contributed by atoms with Gasteiger partial charge in [0.2, 0.25) is 0 Å². The van der Waals surface area contributed by atoms with Crippen molar-refractivity contribution < 1.29 is 23.8 Å². The first-order valence-corrected chi connectivity index (χ1v) is 9.85. The number of esters is 1. The smallest absolute Gasteiger partial charge is 0.331 e. The van der Waals surface area contributed by atoms with Gasteiger partial charge in [0.15, 0.2) is 17.6 Å². The molecule has 0 aliphatic carbocycles. The minimum absolute atomic E-state index is 0.0221. The number of methoxy groups -OCH3 is 1. The monoisotopic (exact) mass is 411 g/mol. The molecule has 1 amide bonds. The van der Waals surface area contributed by atoms with E-state index in [0.717, 1.165) is 16.7 Å². The minimum atomic E-state index is -0.899. The lowest BCUT2D eigenvalue weighted by Crippen LogP contribution is -2.35. The van der Waals surface area contributed by atoms with E-state index >= 15 is 0 Å². The van der Waals surface area contributed by atoms with E-state index in [2.05, 4.69) is 5.32 Å². The van der Waals surface area contributed by atoms with Gasteiger partial charge in [-0.05, 0) is 57.0 Å². The molecule has 1 N–H and O–H groups in total. The quantitative estimate of drug-likeness (QED) is 0.498. The first-order valence-electron chi connectivity index (χ1n) is 9.85. The van der Waals surface area contributed by atoms with Gasteiger partial charge in [-0.1, -0.05) is 35.9 Å². The van der Waals surface area contributed by atoms with E-state index in [1.54, 1.807) is 25.3 Å². The van der Waals surface area contributed by atoms with E-state index in [1.807, 2.05) is 51.1 Å². The Bertz CT molecular complexity index is 887. The zero-order valence-corrected chi connectivity index (χ0v) is 18.1. The van der Waals surface area contributed by atoms with Crippen molar-refractivity contribution >= 4 is 18.0 Å². The second kappa shape index (κ2) is 11.0. The molecule has 2 aromatic carbocycles. The molecule has 0 spiro atoms. The Morgan fingerprint density at radius 3 is 2.37 bits per heavy atom. The number of nitrogens with one attached hydrogen (secondary N) is 1. The molecule has 0 saturated carbocycles. The molecule has 0 aromatic heterocycles. The summed E-state index contributed by atoms with van der Waals surface area (Å²) in [5.74, 6) is 0.248. The maximum absolute atomic E-state index is 12.2. The Morgan fingerprint density at radius 2 is 1.73 bits per heavy atom. The van der Waals surface area contributed by atoms with Gasteiger partial charge in [0.1, 0.15) is 0 Å². The molecule has 0 bridgehead atoms. The van der Waals surface area contributed by atoms with Crippen LogP contribution in [0, 0.1) is 6.92 Å². The van der Waals surface area contributed by atoms with Gasteiger partial charge >= 0.3 is 5.97 Å². The van der Waals surface area contributed by atoms with Crippen LogP contribution in [-0.4, -0.2) is 31.2 Å². The van der Waals surface area contributed by atoms with Crippen molar-refractivity contribution in [3.8, 4) is 11.5 Å². The van der Waals surface area contributed by atoms with Crippen molar-refractivity contribution in [2.45, 2.75) is 46.4 Å². The third-order valence-corrected chi connectivity index (χ3v) is 4.21. The average molecular weight is 411 g/mol. The molecule has 0 aliphatic heterocycles. The van der Waals surface area contributed by atoms with Crippen LogP contribution in [0.3, 0.4) is 0 Å². The van der Waals surface area contributed by atoms with Crippen LogP contribution in [0.1, 0.15) is 37.5 Å². The summed E-state index contributed by atoms with van der Waals surface area (Å²) < 4.78 is 16.2. The Hall–Kier alpha value is -3.28. The fourth-order valence-corrected chi connectivity index (χ4v) is 2.61. The number of amides is 1. The summed E-state index contributed by atoms with van der Waals surface area (Å²) in [5, 5.41) is 2.76. The summed E-state index contributed by atoms with van der Waals surface area (Å²) in [6.07, 6.45) is 2.00. The number of aryl methyl sites for hydroxylation is 1. The molecule has 2 rings (SSSR count). The fourth-order valence-electron chi connectivity index (χ4n) is 2.61. The van der Waals surface area contributed by atoms with E-state index < -0.39 is 12.1 Å². The molecular formula is C24H29NO5. The molecule has 160 valence electrons. The highest BCUT2D eigenvalue weighted by molar-refractivity contribution is 5.90. The maximum Gasteiger partial charge on any atom is 0.331 e. The van der Waals surface area contributed by atoms with Crippen molar-refractivity contribution in [3.63, 3.8) is 0 Å². The highest BCUT2D eigenvalue weighted by Gasteiger charge is 2.16. The SMILES string of the molecule is COc1cc(/C=C/C(=O)O[C@H](C)C(=O)NCc2ccc(C)cc2)ccc1OC(C)C. The molecule has 1 atom stereocenters. The maximum atomic E-state index is 12.2. The van der Waals surface area contributed by atoms with E-state index in [9.17, 15) is 9.59 Å². The molecular weight excluding hydrogens is 382 g/mol. The molecule has 0 fully saturated rings. The molecule has 0 aliphatic rings. The molecule has 0 saturated heterocycles. The summed E-state index contributed by atoms with van der Waals surface area (Å²) in [5.41, 5.74) is 2.88. The second-order valence-electron chi connectivity index (χ2n) is 7.19. The lowest BCUT2D eigenvalue weighted by Gasteiger charge is -2.14. The molecule has 6 nitrogen and oxygen atoms in total. The molecule has 6 heteroatoms. The molecule has 0 radical (unpaired) electrons. The summed E-state index contributed by atoms with van der Waals surface area (Å²) >= 11 is 0.